The zero-order valence-electron chi connectivity index (χ0n) is 10.7. The number of fused-ring (bicyclic) bond motifs is 1. The van der Waals surface area contributed by atoms with E-state index in [1.54, 1.807) is 0 Å². The molecule has 6 heteroatoms. The summed E-state index contributed by atoms with van der Waals surface area (Å²) in [6.07, 6.45) is 0.651. The van der Waals surface area contributed by atoms with Gasteiger partial charge in [-0.1, -0.05) is 19.1 Å². The van der Waals surface area contributed by atoms with E-state index >= 15 is 0 Å². The minimum Gasteiger partial charge on any atom is -0.337 e. The summed E-state index contributed by atoms with van der Waals surface area (Å²) < 4.78 is 22.6. The Morgan fingerprint density at radius 1 is 1.39 bits per heavy atom. The summed E-state index contributed by atoms with van der Waals surface area (Å²) >= 11 is 0. The molecule has 0 aromatic heterocycles. The molecule has 0 fully saturated rings. The van der Waals surface area contributed by atoms with Crippen molar-refractivity contribution in [2.75, 3.05) is 14.2 Å². The van der Waals surface area contributed by atoms with E-state index in [-0.39, 0.29) is 5.66 Å². The Labute approximate surface area is 106 Å². The second-order valence-corrected chi connectivity index (χ2v) is 6.48. The highest BCUT2D eigenvalue weighted by Crippen LogP contribution is 2.61. The lowest BCUT2D eigenvalue weighted by Gasteiger charge is -2.23. The van der Waals surface area contributed by atoms with Crippen LogP contribution in [0.25, 0.3) is 0 Å². The predicted octanol–water partition coefficient (Wildman–Crippen LogP) is 3.45. The van der Waals surface area contributed by atoms with Crippen molar-refractivity contribution in [1.29, 1.82) is 0 Å². The van der Waals surface area contributed by atoms with Gasteiger partial charge in [0.2, 0.25) is 0 Å². The zero-order chi connectivity index (χ0) is 13.2. The first-order chi connectivity index (χ1) is 8.64. The highest BCUT2D eigenvalue weighted by Gasteiger charge is 2.34. The van der Waals surface area contributed by atoms with Gasteiger partial charge in [-0.3, -0.25) is 4.57 Å². The topological polar surface area (TPSA) is 54.0 Å². The molecule has 0 radical (unpaired) electrons. The van der Waals surface area contributed by atoms with Gasteiger partial charge in [0.15, 0.2) is 5.75 Å². The van der Waals surface area contributed by atoms with E-state index in [0.717, 1.165) is 11.1 Å². The molecule has 18 heavy (non-hydrogen) atoms. The third-order valence-corrected chi connectivity index (χ3v) is 5.56. The molecule has 0 bridgehead atoms. The molecule has 1 atom stereocenters. The summed E-state index contributed by atoms with van der Waals surface area (Å²) in [4.78, 5) is 9.93. The second kappa shape index (κ2) is 5.41. The molecule has 0 aliphatic carbocycles. The van der Waals surface area contributed by atoms with E-state index < -0.39 is 7.60 Å². The Kier molecular flexibility index (Phi) is 4.07. The molecule has 1 aromatic carbocycles. The third-order valence-electron chi connectivity index (χ3n) is 3.12. The molecule has 1 aromatic rings. The maximum absolute atomic E-state index is 12.5. The fourth-order valence-electron chi connectivity index (χ4n) is 2.10. The number of rotatable bonds is 5. The maximum atomic E-state index is 12.5. The van der Waals surface area contributed by atoms with Crippen LogP contribution in [0.4, 0.5) is 0 Å². The quantitative estimate of drug-likeness (QED) is 0.607. The van der Waals surface area contributed by atoms with Crippen molar-refractivity contribution in [3.63, 3.8) is 0 Å². The largest absolute Gasteiger partial charge is 0.337 e. The minimum absolute atomic E-state index is 0.304. The molecule has 0 saturated heterocycles. The third kappa shape index (κ3) is 2.31. The Hall–Kier alpha value is -0.870. The van der Waals surface area contributed by atoms with Crippen molar-refractivity contribution in [2.24, 2.45) is 0 Å². The van der Waals surface area contributed by atoms with Gasteiger partial charge < -0.3 is 13.9 Å². The van der Waals surface area contributed by atoms with Crippen LogP contribution >= 0.6 is 7.60 Å². The standard InChI is InChI=1S/C12H17O5P/c1-4-12(18(13,14-2)15-3)9-5-6-10-8-16-17-11(10)7-9/h5-7,12H,4,8H2,1-3H3. The molecule has 0 saturated carbocycles. The van der Waals surface area contributed by atoms with Gasteiger partial charge in [0, 0.05) is 19.8 Å². The lowest BCUT2D eigenvalue weighted by molar-refractivity contribution is -0.194. The zero-order valence-corrected chi connectivity index (χ0v) is 11.6. The van der Waals surface area contributed by atoms with Crippen LogP contribution in [0.15, 0.2) is 18.2 Å². The first-order valence-electron chi connectivity index (χ1n) is 5.78. The number of hydrogen-bond acceptors (Lipinski definition) is 5. The Bertz CT molecular complexity index is 466. The molecule has 100 valence electrons. The lowest BCUT2D eigenvalue weighted by atomic mass is 10.1. The van der Waals surface area contributed by atoms with E-state index in [4.69, 9.17) is 18.8 Å². The summed E-state index contributed by atoms with van der Waals surface area (Å²) in [5.74, 6) is 0.671. The second-order valence-electron chi connectivity index (χ2n) is 4.04. The lowest BCUT2D eigenvalue weighted by Crippen LogP contribution is -2.03. The van der Waals surface area contributed by atoms with Gasteiger partial charge in [0.1, 0.15) is 6.61 Å². The fourth-order valence-corrected chi connectivity index (χ4v) is 3.73. The molecular formula is C12H17O5P. The van der Waals surface area contributed by atoms with Crippen molar-refractivity contribution < 1.29 is 23.4 Å². The van der Waals surface area contributed by atoms with E-state index in [1.807, 2.05) is 25.1 Å². The normalized spacial score (nSPS) is 16.2. The van der Waals surface area contributed by atoms with Gasteiger partial charge in [-0.25, -0.2) is 0 Å². The highest BCUT2D eigenvalue weighted by atomic mass is 31.2. The van der Waals surface area contributed by atoms with E-state index in [2.05, 4.69) is 0 Å². The summed E-state index contributed by atoms with van der Waals surface area (Å²) in [5, 5.41) is 0. The van der Waals surface area contributed by atoms with E-state index in [0.29, 0.717) is 18.8 Å². The predicted molar refractivity (Wildman–Crippen MR) is 66.5 cm³/mol. The van der Waals surface area contributed by atoms with Gasteiger partial charge in [0.05, 0.1) is 5.66 Å². The maximum Gasteiger partial charge on any atom is 0.337 e. The molecule has 0 N–H and O–H groups in total. The van der Waals surface area contributed by atoms with Gasteiger partial charge in [-0.2, -0.15) is 4.89 Å². The van der Waals surface area contributed by atoms with Crippen LogP contribution in [0.5, 0.6) is 5.75 Å². The van der Waals surface area contributed by atoms with Crippen LogP contribution in [0.2, 0.25) is 0 Å². The van der Waals surface area contributed by atoms with Crippen LogP contribution < -0.4 is 4.89 Å². The van der Waals surface area contributed by atoms with Crippen LogP contribution in [0, 0.1) is 0 Å². The molecule has 1 aliphatic heterocycles. The molecule has 0 amide bonds. The van der Waals surface area contributed by atoms with Crippen LogP contribution in [0.1, 0.15) is 30.1 Å². The summed E-state index contributed by atoms with van der Waals surface area (Å²) in [5.41, 5.74) is 1.55. The van der Waals surface area contributed by atoms with Gasteiger partial charge in [-0.05, 0) is 18.1 Å². The van der Waals surface area contributed by atoms with Crippen molar-refractivity contribution >= 4 is 7.60 Å². The van der Waals surface area contributed by atoms with Gasteiger partial charge in [0.25, 0.3) is 0 Å². The van der Waals surface area contributed by atoms with Crippen LogP contribution in [0.3, 0.4) is 0 Å². The Morgan fingerprint density at radius 2 is 2.11 bits per heavy atom. The molecule has 1 heterocycles. The van der Waals surface area contributed by atoms with Crippen molar-refractivity contribution in [3.8, 4) is 5.75 Å². The van der Waals surface area contributed by atoms with Crippen molar-refractivity contribution in [3.05, 3.63) is 29.3 Å². The average molecular weight is 272 g/mol. The highest BCUT2D eigenvalue weighted by molar-refractivity contribution is 7.54. The minimum atomic E-state index is -3.13. The average Bonchev–Trinajstić information content (AvgIpc) is 2.86. The van der Waals surface area contributed by atoms with Crippen molar-refractivity contribution in [1.82, 2.24) is 0 Å². The van der Waals surface area contributed by atoms with Crippen molar-refractivity contribution in [2.45, 2.75) is 25.6 Å². The summed E-state index contributed by atoms with van der Waals surface area (Å²) in [7, 11) is -0.329. The summed E-state index contributed by atoms with van der Waals surface area (Å²) in [6.45, 7) is 2.39. The van der Waals surface area contributed by atoms with Crippen LogP contribution in [-0.2, 0) is 25.1 Å². The SMILES string of the molecule is CCC(c1ccc2c(c1)OOC2)P(=O)(OC)OC. The Balaban J connectivity index is 2.36. The van der Waals surface area contributed by atoms with Gasteiger partial charge in [-0.15, -0.1) is 0 Å². The molecule has 1 unspecified atom stereocenters. The first-order valence-corrected chi connectivity index (χ1v) is 7.39. The monoisotopic (exact) mass is 272 g/mol. The molecule has 1 aliphatic rings. The summed E-state index contributed by atoms with van der Waals surface area (Å²) in [6, 6.07) is 5.66. The fraction of sp³-hybridized carbons (Fsp3) is 0.500. The number of hydrogen-bond donors (Lipinski definition) is 0. The Morgan fingerprint density at radius 3 is 2.72 bits per heavy atom. The molecular weight excluding hydrogens is 255 g/mol. The molecule has 5 nitrogen and oxygen atoms in total. The van der Waals surface area contributed by atoms with E-state index in [1.165, 1.54) is 14.2 Å². The van der Waals surface area contributed by atoms with Crippen LogP contribution in [-0.4, -0.2) is 14.2 Å². The van der Waals surface area contributed by atoms with Gasteiger partial charge >= 0.3 is 7.60 Å². The molecule has 2 rings (SSSR count). The number of benzene rings is 1. The first kappa shape index (κ1) is 13.6. The smallest absolute Gasteiger partial charge is 0.337 e. The van der Waals surface area contributed by atoms with E-state index in [9.17, 15) is 4.57 Å². The molecule has 0 spiro atoms.